The lowest BCUT2D eigenvalue weighted by atomic mass is 9.98. The monoisotopic (exact) mass is 427 g/mol. The van der Waals surface area contributed by atoms with Crippen LogP contribution in [0.25, 0.3) is 33.1 Å². The number of nitrogens with zero attached hydrogens (tertiary/aromatic N) is 1. The first-order valence-corrected chi connectivity index (χ1v) is 11.2. The molecule has 0 N–H and O–H groups in total. The zero-order chi connectivity index (χ0) is 23.2. The van der Waals surface area contributed by atoms with Gasteiger partial charge in [0.25, 0.3) is 0 Å². The Morgan fingerprint density at radius 1 is 0.697 bits per heavy atom. The van der Waals surface area contributed by atoms with Crippen LogP contribution in [0, 0.1) is 0 Å². The number of hydrogen-bond donors (Lipinski definition) is 0. The highest BCUT2D eigenvalue weighted by Crippen LogP contribution is 2.34. The molecular weight excluding hydrogens is 398 g/mol. The van der Waals surface area contributed by atoms with Crippen LogP contribution in [0.4, 0.5) is 0 Å². The van der Waals surface area contributed by atoms with E-state index in [1.165, 1.54) is 27.5 Å². The molecule has 0 bridgehead atoms. The van der Waals surface area contributed by atoms with Crippen molar-refractivity contribution >= 4 is 27.4 Å². The van der Waals surface area contributed by atoms with Gasteiger partial charge in [0.1, 0.15) is 0 Å². The summed E-state index contributed by atoms with van der Waals surface area (Å²) >= 11 is 0. The smallest absolute Gasteiger partial charge is 0.0541 e. The molecule has 0 saturated heterocycles. The Balaban J connectivity index is 1.85. The van der Waals surface area contributed by atoms with Gasteiger partial charge < -0.3 is 4.57 Å². The molecule has 0 unspecified atom stereocenters. The maximum Gasteiger partial charge on any atom is 0.0541 e. The molecule has 0 atom stereocenters. The highest BCUT2D eigenvalue weighted by Gasteiger charge is 2.13. The quantitative estimate of drug-likeness (QED) is 0.259. The van der Waals surface area contributed by atoms with Crippen molar-refractivity contribution in [1.29, 1.82) is 0 Å². The van der Waals surface area contributed by atoms with E-state index in [4.69, 9.17) is 0 Å². The lowest BCUT2D eigenvalue weighted by molar-refractivity contribution is 1.18. The Labute approximate surface area is 196 Å². The normalized spacial score (nSPS) is 12.6. The third-order valence-corrected chi connectivity index (χ3v) is 5.71. The second-order valence-corrected chi connectivity index (χ2v) is 7.96. The van der Waals surface area contributed by atoms with Crippen molar-refractivity contribution in [3.05, 3.63) is 145 Å². The van der Waals surface area contributed by atoms with Crippen LogP contribution in [0.3, 0.4) is 0 Å². The van der Waals surface area contributed by atoms with Gasteiger partial charge in [-0.3, -0.25) is 0 Å². The fourth-order valence-electron chi connectivity index (χ4n) is 4.09. The maximum atomic E-state index is 4.25. The minimum absolute atomic E-state index is 0.899. The lowest BCUT2D eigenvalue weighted by Crippen LogP contribution is -1.93. The van der Waals surface area contributed by atoms with Gasteiger partial charge in [-0.25, -0.2) is 0 Å². The standard InChI is InChI=1S/C32H29N/c1-5-7-9-15-24(3)25(4)22-26(14-6-2)27-20-21-32-30(23-27)29-18-12-13-19-31(29)33(32)28-16-10-8-11-17-28/h5-23H,3-4H2,1-2H3/b7-5-,14-6-,15-9-,26-22+. The third kappa shape index (κ3) is 4.58. The largest absolute Gasteiger partial charge is 0.309 e. The number of benzene rings is 3. The molecule has 33 heavy (non-hydrogen) atoms. The third-order valence-electron chi connectivity index (χ3n) is 5.71. The van der Waals surface area contributed by atoms with E-state index in [9.17, 15) is 0 Å². The van der Waals surface area contributed by atoms with Gasteiger partial charge in [-0.1, -0.05) is 92.1 Å². The molecule has 0 saturated carbocycles. The van der Waals surface area contributed by atoms with Crippen molar-refractivity contribution in [2.45, 2.75) is 13.8 Å². The van der Waals surface area contributed by atoms with Crippen LogP contribution in [0.2, 0.25) is 0 Å². The number of para-hydroxylation sites is 2. The van der Waals surface area contributed by atoms with Crippen LogP contribution in [0.5, 0.6) is 0 Å². The van der Waals surface area contributed by atoms with Gasteiger partial charge in [0.15, 0.2) is 0 Å². The Morgan fingerprint density at radius 3 is 2.18 bits per heavy atom. The minimum atomic E-state index is 0.899. The van der Waals surface area contributed by atoms with E-state index in [1.54, 1.807) is 0 Å². The Kier molecular flexibility index (Phi) is 6.71. The van der Waals surface area contributed by atoms with Gasteiger partial charge in [0.05, 0.1) is 11.0 Å². The van der Waals surface area contributed by atoms with E-state index in [1.807, 2.05) is 38.2 Å². The molecule has 0 aliphatic carbocycles. The molecule has 4 rings (SSSR count). The van der Waals surface area contributed by atoms with Gasteiger partial charge in [-0.05, 0) is 72.5 Å². The van der Waals surface area contributed by atoms with Crippen molar-refractivity contribution in [2.75, 3.05) is 0 Å². The van der Waals surface area contributed by atoms with Gasteiger partial charge >= 0.3 is 0 Å². The molecule has 3 aromatic carbocycles. The fraction of sp³-hybridized carbons (Fsp3) is 0.0625. The van der Waals surface area contributed by atoms with Gasteiger partial charge in [-0.15, -0.1) is 0 Å². The molecule has 0 spiro atoms. The Morgan fingerprint density at radius 2 is 1.42 bits per heavy atom. The molecule has 1 heterocycles. The first-order chi connectivity index (χ1) is 16.1. The van der Waals surface area contributed by atoms with Crippen LogP contribution in [-0.2, 0) is 0 Å². The lowest BCUT2D eigenvalue weighted by Gasteiger charge is -2.09. The number of fused-ring (bicyclic) bond motifs is 3. The zero-order valence-corrected chi connectivity index (χ0v) is 19.3. The van der Waals surface area contributed by atoms with E-state index in [0.29, 0.717) is 0 Å². The second kappa shape index (κ2) is 10.0. The van der Waals surface area contributed by atoms with E-state index in [-0.39, 0.29) is 0 Å². The molecule has 0 radical (unpaired) electrons. The predicted molar refractivity (Wildman–Crippen MR) is 146 cm³/mol. The van der Waals surface area contributed by atoms with Gasteiger partial charge in [0, 0.05) is 16.5 Å². The summed E-state index contributed by atoms with van der Waals surface area (Å²) in [6.07, 6.45) is 14.3. The zero-order valence-electron chi connectivity index (χ0n) is 19.3. The van der Waals surface area contributed by atoms with Gasteiger partial charge in [-0.2, -0.15) is 0 Å². The topological polar surface area (TPSA) is 4.93 Å². The summed E-state index contributed by atoms with van der Waals surface area (Å²) < 4.78 is 2.33. The number of hydrogen-bond acceptors (Lipinski definition) is 0. The summed E-state index contributed by atoms with van der Waals surface area (Å²) in [5.41, 5.74) is 7.64. The first-order valence-electron chi connectivity index (χ1n) is 11.2. The van der Waals surface area contributed by atoms with Crippen LogP contribution < -0.4 is 0 Å². The summed E-state index contributed by atoms with van der Waals surface area (Å²) in [7, 11) is 0. The molecule has 0 aliphatic rings. The molecule has 162 valence electrons. The van der Waals surface area contributed by atoms with Crippen molar-refractivity contribution in [3.63, 3.8) is 0 Å². The van der Waals surface area contributed by atoms with Crippen LogP contribution in [0.1, 0.15) is 19.4 Å². The summed E-state index contributed by atoms with van der Waals surface area (Å²) in [5.74, 6) is 0. The maximum absolute atomic E-state index is 4.25. The van der Waals surface area contributed by atoms with Crippen molar-refractivity contribution in [1.82, 2.24) is 4.57 Å². The van der Waals surface area contributed by atoms with Crippen LogP contribution >= 0.6 is 0 Å². The average molecular weight is 428 g/mol. The summed E-state index contributed by atoms with van der Waals surface area (Å²) in [6, 6.07) is 25.8. The minimum Gasteiger partial charge on any atom is -0.309 e. The molecule has 0 amide bonds. The summed E-state index contributed by atoms with van der Waals surface area (Å²) in [5, 5.41) is 2.48. The fourth-order valence-corrected chi connectivity index (χ4v) is 4.09. The average Bonchev–Trinajstić information content (AvgIpc) is 3.18. The SMILES string of the molecule is C=C(/C=C\C=C/C)C(=C)/C=C(\C=C/C)c1ccc2c(c1)c1ccccc1n2-c1ccccc1. The molecule has 4 aromatic rings. The molecule has 1 aromatic heterocycles. The number of aromatic nitrogens is 1. The predicted octanol–water partition coefficient (Wildman–Crippen LogP) is 8.99. The van der Waals surface area contributed by atoms with Crippen LogP contribution in [-0.4, -0.2) is 4.57 Å². The second-order valence-electron chi connectivity index (χ2n) is 7.96. The van der Waals surface area contributed by atoms with Crippen molar-refractivity contribution in [2.24, 2.45) is 0 Å². The van der Waals surface area contributed by atoms with E-state index in [0.717, 1.165) is 22.3 Å². The summed E-state index contributed by atoms with van der Waals surface area (Å²) in [6.45, 7) is 12.5. The molecule has 0 fully saturated rings. The van der Waals surface area contributed by atoms with Crippen molar-refractivity contribution < 1.29 is 0 Å². The molecular formula is C32H29N. The summed E-state index contributed by atoms with van der Waals surface area (Å²) in [4.78, 5) is 0. The first kappa shape index (κ1) is 22.1. The Bertz CT molecular complexity index is 1440. The van der Waals surface area contributed by atoms with Gasteiger partial charge in [0.2, 0.25) is 0 Å². The van der Waals surface area contributed by atoms with Crippen LogP contribution in [0.15, 0.2) is 140 Å². The molecule has 1 heteroatoms. The van der Waals surface area contributed by atoms with E-state index >= 15 is 0 Å². The molecule has 1 nitrogen and oxygen atoms in total. The number of allylic oxidation sites excluding steroid dienone is 10. The number of rotatable bonds is 7. The van der Waals surface area contributed by atoms with E-state index in [2.05, 4.69) is 109 Å². The highest BCUT2D eigenvalue weighted by molar-refractivity contribution is 6.10. The van der Waals surface area contributed by atoms with E-state index < -0.39 is 0 Å². The molecule has 0 aliphatic heterocycles. The Hall–Kier alpha value is -4.10. The highest BCUT2D eigenvalue weighted by atomic mass is 15.0. The van der Waals surface area contributed by atoms with Crippen molar-refractivity contribution in [3.8, 4) is 5.69 Å².